The Labute approximate surface area is 73.2 Å². The van der Waals surface area contributed by atoms with Gasteiger partial charge in [0.25, 0.3) is 6.02 Å². The molecule has 6 heteroatoms. The van der Waals surface area contributed by atoms with E-state index in [2.05, 4.69) is 15.4 Å². The third-order valence-electron chi connectivity index (χ3n) is 1.53. The van der Waals surface area contributed by atoms with Crippen molar-refractivity contribution in [3.63, 3.8) is 0 Å². The molecule has 0 saturated carbocycles. The van der Waals surface area contributed by atoms with Crippen LogP contribution in [0.1, 0.15) is 0 Å². The molecule has 1 aromatic heterocycles. The predicted octanol–water partition coefficient (Wildman–Crippen LogP) is 0.230. The van der Waals surface area contributed by atoms with Gasteiger partial charge in [-0.25, -0.2) is 0 Å². The number of hydrogen-bond donors (Lipinski definition) is 3. The Morgan fingerprint density at radius 1 is 1.46 bits per heavy atom. The van der Waals surface area contributed by atoms with Crippen molar-refractivity contribution in [1.82, 2.24) is 15.4 Å². The smallest absolute Gasteiger partial charge is 0.284 e. The van der Waals surface area contributed by atoms with Crippen LogP contribution < -0.4 is 10.5 Å². The monoisotopic (exact) mass is 177 g/mol. The summed E-state index contributed by atoms with van der Waals surface area (Å²) in [6.45, 7) is 0. The minimum absolute atomic E-state index is 0.365. The summed E-state index contributed by atoms with van der Waals surface area (Å²) in [5, 5.41) is 17.1. The lowest BCUT2D eigenvalue weighted by molar-refractivity contribution is 0.542. The largest absolute Gasteiger partial charge is 0.424 e. The van der Waals surface area contributed by atoms with E-state index in [1.807, 2.05) is 0 Å². The molecule has 0 aliphatic rings. The summed E-state index contributed by atoms with van der Waals surface area (Å²) < 4.78 is 4.92. The maximum absolute atomic E-state index is 6.96. The Hall–Kier alpha value is -2.11. The van der Waals surface area contributed by atoms with Crippen molar-refractivity contribution in [2.24, 2.45) is 5.73 Å². The number of H-pyrrole nitrogens is 1. The van der Waals surface area contributed by atoms with E-state index in [0.717, 1.165) is 0 Å². The summed E-state index contributed by atoms with van der Waals surface area (Å²) >= 11 is 0. The van der Waals surface area contributed by atoms with E-state index in [1.54, 1.807) is 18.2 Å². The highest BCUT2D eigenvalue weighted by molar-refractivity contribution is 5.83. The molecule has 1 heterocycles. The number of benzene rings is 1. The first-order valence-electron chi connectivity index (χ1n) is 3.59. The maximum Gasteiger partial charge on any atom is 0.284 e. The van der Waals surface area contributed by atoms with Crippen molar-refractivity contribution in [2.75, 3.05) is 0 Å². The van der Waals surface area contributed by atoms with Gasteiger partial charge in [-0.3, -0.25) is 5.41 Å². The second kappa shape index (κ2) is 2.74. The number of para-hydroxylation sites is 1. The van der Waals surface area contributed by atoms with Crippen molar-refractivity contribution in [3.8, 4) is 5.75 Å². The number of aromatic nitrogens is 3. The highest BCUT2D eigenvalue weighted by Crippen LogP contribution is 2.20. The Bertz CT molecular complexity index is 449. The Morgan fingerprint density at radius 3 is 3.08 bits per heavy atom. The van der Waals surface area contributed by atoms with Crippen LogP contribution in [-0.4, -0.2) is 21.4 Å². The molecule has 0 fully saturated rings. The van der Waals surface area contributed by atoms with Crippen LogP contribution in [0.2, 0.25) is 0 Å². The first-order chi connectivity index (χ1) is 6.27. The Balaban J connectivity index is 2.54. The molecular formula is C7H7N5O. The highest BCUT2D eigenvalue weighted by Gasteiger charge is 2.05. The lowest BCUT2D eigenvalue weighted by Crippen LogP contribution is -2.17. The molecule has 6 nitrogen and oxygen atoms in total. The van der Waals surface area contributed by atoms with Crippen LogP contribution in [0.3, 0.4) is 0 Å². The van der Waals surface area contributed by atoms with E-state index in [9.17, 15) is 0 Å². The number of amidine groups is 1. The van der Waals surface area contributed by atoms with Crippen molar-refractivity contribution in [2.45, 2.75) is 0 Å². The molecule has 2 rings (SSSR count). The lowest BCUT2D eigenvalue weighted by Gasteiger charge is -2.01. The van der Waals surface area contributed by atoms with Gasteiger partial charge in [-0.15, -0.1) is 0 Å². The van der Waals surface area contributed by atoms with Gasteiger partial charge in [0.2, 0.25) is 0 Å². The van der Waals surface area contributed by atoms with Gasteiger partial charge in [0.1, 0.15) is 5.52 Å². The lowest BCUT2D eigenvalue weighted by atomic mass is 10.3. The van der Waals surface area contributed by atoms with Crippen LogP contribution >= 0.6 is 0 Å². The van der Waals surface area contributed by atoms with Gasteiger partial charge in [0, 0.05) is 0 Å². The average Bonchev–Trinajstić information content (AvgIpc) is 2.51. The van der Waals surface area contributed by atoms with Crippen molar-refractivity contribution >= 4 is 17.1 Å². The normalized spacial score (nSPS) is 10.2. The SMILES string of the molecule is N=C(N)Oc1cccc2n[nH]nc12. The first-order valence-corrected chi connectivity index (χ1v) is 3.59. The maximum atomic E-state index is 6.96. The fourth-order valence-corrected chi connectivity index (χ4v) is 1.04. The van der Waals surface area contributed by atoms with E-state index in [-0.39, 0.29) is 6.02 Å². The van der Waals surface area contributed by atoms with Crippen LogP contribution in [0.4, 0.5) is 0 Å². The minimum atomic E-state index is -0.365. The zero-order chi connectivity index (χ0) is 9.26. The molecule has 4 N–H and O–H groups in total. The number of ether oxygens (including phenoxy) is 1. The Morgan fingerprint density at radius 2 is 2.31 bits per heavy atom. The van der Waals surface area contributed by atoms with Crippen LogP contribution in [-0.2, 0) is 0 Å². The van der Waals surface area contributed by atoms with Crippen LogP contribution in [0.5, 0.6) is 5.75 Å². The number of nitrogens with one attached hydrogen (secondary N) is 2. The van der Waals surface area contributed by atoms with Gasteiger partial charge in [-0.2, -0.15) is 15.4 Å². The van der Waals surface area contributed by atoms with E-state index < -0.39 is 0 Å². The van der Waals surface area contributed by atoms with E-state index in [1.165, 1.54) is 0 Å². The van der Waals surface area contributed by atoms with Crippen LogP contribution in [0.25, 0.3) is 11.0 Å². The molecule has 0 atom stereocenters. The van der Waals surface area contributed by atoms with Crippen LogP contribution in [0, 0.1) is 5.41 Å². The predicted molar refractivity (Wildman–Crippen MR) is 46.4 cm³/mol. The molecule has 0 amide bonds. The van der Waals surface area contributed by atoms with E-state index in [4.69, 9.17) is 15.9 Å². The molecule has 13 heavy (non-hydrogen) atoms. The molecule has 0 unspecified atom stereocenters. The highest BCUT2D eigenvalue weighted by atomic mass is 16.5. The third-order valence-corrected chi connectivity index (χ3v) is 1.53. The fraction of sp³-hybridized carbons (Fsp3) is 0. The zero-order valence-electron chi connectivity index (χ0n) is 6.61. The molecule has 0 aliphatic carbocycles. The molecule has 66 valence electrons. The summed E-state index contributed by atoms with van der Waals surface area (Å²) in [6, 6.07) is 4.84. The molecule has 0 radical (unpaired) electrons. The first kappa shape index (κ1) is 7.53. The molecule has 2 aromatic rings. The number of aromatic amines is 1. The number of hydrogen-bond acceptors (Lipinski definition) is 4. The standard InChI is InChI=1S/C7H7N5O/c8-7(9)13-5-3-1-2-4-6(5)11-12-10-4/h1-3H,(H3,8,9)(H,10,11,12). The number of nitrogens with zero attached hydrogens (tertiary/aromatic N) is 2. The van der Waals surface area contributed by atoms with Gasteiger partial charge in [0.05, 0.1) is 0 Å². The van der Waals surface area contributed by atoms with Gasteiger partial charge >= 0.3 is 0 Å². The number of nitrogens with two attached hydrogens (primary N) is 1. The minimum Gasteiger partial charge on any atom is -0.424 e. The van der Waals surface area contributed by atoms with Crippen molar-refractivity contribution in [1.29, 1.82) is 5.41 Å². The average molecular weight is 177 g/mol. The van der Waals surface area contributed by atoms with Gasteiger partial charge in [-0.05, 0) is 12.1 Å². The molecule has 1 aromatic carbocycles. The second-order valence-corrected chi connectivity index (χ2v) is 2.41. The van der Waals surface area contributed by atoms with Crippen molar-refractivity contribution < 1.29 is 4.74 Å². The number of fused-ring (bicyclic) bond motifs is 1. The summed E-state index contributed by atoms with van der Waals surface area (Å²) in [7, 11) is 0. The third kappa shape index (κ3) is 1.28. The summed E-state index contributed by atoms with van der Waals surface area (Å²) in [5.74, 6) is 0.429. The zero-order valence-corrected chi connectivity index (χ0v) is 6.61. The summed E-state index contributed by atoms with van der Waals surface area (Å²) in [6.07, 6.45) is 0. The topological polar surface area (TPSA) is 101 Å². The van der Waals surface area contributed by atoms with Crippen LogP contribution in [0.15, 0.2) is 18.2 Å². The van der Waals surface area contributed by atoms with E-state index >= 15 is 0 Å². The quantitative estimate of drug-likeness (QED) is 0.428. The Kier molecular flexibility index (Phi) is 1.59. The molecule has 0 spiro atoms. The fourth-order valence-electron chi connectivity index (χ4n) is 1.04. The van der Waals surface area contributed by atoms with Crippen molar-refractivity contribution in [3.05, 3.63) is 18.2 Å². The summed E-state index contributed by atoms with van der Waals surface area (Å²) in [5.41, 5.74) is 6.33. The van der Waals surface area contributed by atoms with Gasteiger partial charge in [-0.1, -0.05) is 6.07 Å². The number of rotatable bonds is 1. The van der Waals surface area contributed by atoms with Gasteiger partial charge < -0.3 is 10.5 Å². The molecule has 0 aliphatic heterocycles. The molecule has 0 saturated heterocycles. The summed E-state index contributed by atoms with van der Waals surface area (Å²) in [4.78, 5) is 0. The van der Waals surface area contributed by atoms with Gasteiger partial charge in [0.15, 0.2) is 11.3 Å². The second-order valence-electron chi connectivity index (χ2n) is 2.41. The molecule has 0 bridgehead atoms. The van der Waals surface area contributed by atoms with E-state index in [0.29, 0.717) is 16.8 Å². The molecular weight excluding hydrogens is 170 g/mol.